The predicted molar refractivity (Wildman–Crippen MR) is 112 cm³/mol. The third-order valence-corrected chi connectivity index (χ3v) is 5.37. The van der Waals surface area contributed by atoms with E-state index in [1.165, 1.54) is 22.9 Å². The van der Waals surface area contributed by atoms with E-state index in [-0.39, 0.29) is 11.7 Å². The molecule has 0 aliphatic rings. The molecule has 2 aromatic carbocycles. The van der Waals surface area contributed by atoms with Crippen molar-refractivity contribution in [2.75, 3.05) is 11.1 Å². The zero-order valence-electron chi connectivity index (χ0n) is 14.5. The van der Waals surface area contributed by atoms with Crippen LogP contribution in [-0.4, -0.2) is 21.9 Å². The van der Waals surface area contributed by atoms with E-state index >= 15 is 0 Å². The van der Waals surface area contributed by atoms with Gasteiger partial charge < -0.3 is 9.73 Å². The molecule has 26 heavy (non-hydrogen) atoms. The monoisotopic (exact) mass is 479 g/mol. The highest BCUT2D eigenvalue weighted by molar-refractivity contribution is 14.1. The Morgan fingerprint density at radius 3 is 2.62 bits per heavy atom. The highest BCUT2D eigenvalue weighted by Crippen LogP contribution is 2.19. The van der Waals surface area contributed by atoms with Crippen molar-refractivity contribution >= 4 is 45.9 Å². The number of aryl methyl sites for hydroxylation is 2. The fraction of sp³-hybridized carbons (Fsp3) is 0.211. The van der Waals surface area contributed by atoms with E-state index in [2.05, 4.69) is 70.2 Å². The maximum Gasteiger partial charge on any atom is 0.277 e. The summed E-state index contributed by atoms with van der Waals surface area (Å²) >= 11 is 3.46. The number of amides is 1. The molecule has 1 N–H and O–H groups in total. The van der Waals surface area contributed by atoms with Gasteiger partial charge in [0.05, 0.1) is 12.2 Å². The van der Waals surface area contributed by atoms with Gasteiger partial charge in [-0.25, -0.2) is 0 Å². The Labute approximate surface area is 170 Å². The summed E-state index contributed by atoms with van der Waals surface area (Å²) in [4.78, 5) is 12.0. The van der Waals surface area contributed by atoms with E-state index in [0.717, 1.165) is 14.8 Å². The molecule has 0 saturated heterocycles. The normalized spacial score (nSPS) is 10.7. The first kappa shape index (κ1) is 18.9. The molecule has 0 fully saturated rings. The molecule has 0 radical (unpaired) electrons. The number of anilines is 1. The lowest BCUT2D eigenvalue weighted by Crippen LogP contribution is -2.13. The summed E-state index contributed by atoms with van der Waals surface area (Å²) in [5.74, 6) is 0.663. The van der Waals surface area contributed by atoms with Crippen LogP contribution >= 0.6 is 34.4 Å². The number of nitrogens with zero attached hydrogens (tertiary/aromatic N) is 2. The number of rotatable bonds is 6. The SMILES string of the molecule is Cc1ccc(Cc2nnc(SCC(=O)Nc3ccc(I)cc3)o2)cc1C. The molecule has 3 rings (SSSR count). The van der Waals surface area contributed by atoms with Crippen molar-refractivity contribution in [3.8, 4) is 0 Å². The lowest BCUT2D eigenvalue weighted by atomic mass is 10.0. The van der Waals surface area contributed by atoms with Gasteiger partial charge in [-0.1, -0.05) is 30.0 Å². The van der Waals surface area contributed by atoms with Gasteiger partial charge in [-0.3, -0.25) is 4.79 Å². The van der Waals surface area contributed by atoms with Crippen molar-refractivity contribution in [1.82, 2.24) is 10.2 Å². The highest BCUT2D eigenvalue weighted by atomic mass is 127. The van der Waals surface area contributed by atoms with Crippen molar-refractivity contribution in [1.29, 1.82) is 0 Å². The minimum Gasteiger partial charge on any atom is -0.416 e. The maximum atomic E-state index is 12.0. The molecule has 0 atom stereocenters. The number of benzene rings is 2. The van der Waals surface area contributed by atoms with Gasteiger partial charge in [0.25, 0.3) is 5.22 Å². The number of hydrogen-bond acceptors (Lipinski definition) is 5. The van der Waals surface area contributed by atoms with Crippen LogP contribution in [0.25, 0.3) is 0 Å². The molecule has 1 amide bonds. The van der Waals surface area contributed by atoms with Gasteiger partial charge in [0.15, 0.2) is 0 Å². The molecule has 0 spiro atoms. The fourth-order valence-corrected chi connectivity index (χ4v) is 3.25. The third kappa shape index (κ3) is 5.31. The number of thioether (sulfide) groups is 1. The van der Waals surface area contributed by atoms with Crippen LogP contribution in [0.1, 0.15) is 22.6 Å². The summed E-state index contributed by atoms with van der Waals surface area (Å²) in [7, 11) is 0. The van der Waals surface area contributed by atoms with E-state index in [4.69, 9.17) is 4.42 Å². The molecule has 5 nitrogen and oxygen atoms in total. The Morgan fingerprint density at radius 1 is 1.12 bits per heavy atom. The molecule has 1 heterocycles. The average molecular weight is 479 g/mol. The van der Waals surface area contributed by atoms with Crippen molar-refractivity contribution in [3.05, 3.63) is 68.6 Å². The Balaban J connectivity index is 1.52. The van der Waals surface area contributed by atoms with Gasteiger partial charge in [-0.05, 0) is 77.4 Å². The summed E-state index contributed by atoms with van der Waals surface area (Å²) in [5, 5.41) is 11.3. The van der Waals surface area contributed by atoms with Gasteiger partial charge in [0.1, 0.15) is 0 Å². The zero-order chi connectivity index (χ0) is 18.5. The number of nitrogens with one attached hydrogen (secondary N) is 1. The van der Waals surface area contributed by atoms with Crippen LogP contribution in [0, 0.1) is 17.4 Å². The molecular formula is C19H18IN3O2S. The quantitative estimate of drug-likeness (QED) is 0.413. The van der Waals surface area contributed by atoms with Crippen molar-refractivity contribution < 1.29 is 9.21 Å². The maximum absolute atomic E-state index is 12.0. The Hall–Kier alpha value is -1.87. The van der Waals surface area contributed by atoms with E-state index < -0.39 is 0 Å². The molecule has 0 unspecified atom stereocenters. The van der Waals surface area contributed by atoms with Crippen LogP contribution in [0.5, 0.6) is 0 Å². The predicted octanol–water partition coefficient (Wildman–Crippen LogP) is 4.61. The molecule has 0 aliphatic carbocycles. The number of hydrogen-bond donors (Lipinski definition) is 1. The van der Waals surface area contributed by atoms with Crippen LogP contribution in [-0.2, 0) is 11.2 Å². The number of halogens is 1. The lowest BCUT2D eigenvalue weighted by Gasteiger charge is -2.03. The largest absolute Gasteiger partial charge is 0.416 e. The summed E-state index contributed by atoms with van der Waals surface area (Å²) in [5.41, 5.74) is 4.40. The lowest BCUT2D eigenvalue weighted by molar-refractivity contribution is -0.113. The molecule has 1 aromatic heterocycles. The number of aromatic nitrogens is 2. The van der Waals surface area contributed by atoms with Crippen molar-refractivity contribution in [3.63, 3.8) is 0 Å². The van der Waals surface area contributed by atoms with Crippen LogP contribution in [0.3, 0.4) is 0 Å². The fourth-order valence-electron chi connectivity index (χ4n) is 2.31. The van der Waals surface area contributed by atoms with E-state index in [9.17, 15) is 4.79 Å². The second-order valence-electron chi connectivity index (χ2n) is 5.90. The molecule has 0 aliphatic heterocycles. The molecule has 3 aromatic rings. The first-order valence-corrected chi connectivity index (χ1v) is 10.1. The first-order valence-electron chi connectivity index (χ1n) is 8.06. The van der Waals surface area contributed by atoms with Crippen molar-refractivity contribution in [2.45, 2.75) is 25.5 Å². The average Bonchev–Trinajstić information content (AvgIpc) is 3.06. The molecule has 7 heteroatoms. The van der Waals surface area contributed by atoms with E-state index in [1.807, 2.05) is 24.3 Å². The Bertz CT molecular complexity index is 909. The van der Waals surface area contributed by atoms with E-state index in [1.54, 1.807) is 0 Å². The Kier molecular flexibility index (Phi) is 6.31. The first-order chi connectivity index (χ1) is 12.5. The molecule has 0 saturated carbocycles. The zero-order valence-corrected chi connectivity index (χ0v) is 17.4. The molecular weight excluding hydrogens is 461 g/mol. The van der Waals surface area contributed by atoms with Gasteiger partial charge in [-0.15, -0.1) is 10.2 Å². The summed E-state index contributed by atoms with van der Waals surface area (Å²) < 4.78 is 6.76. The van der Waals surface area contributed by atoms with Crippen molar-refractivity contribution in [2.24, 2.45) is 0 Å². The standard InChI is InChI=1S/C19H18IN3O2S/c1-12-3-4-14(9-13(12)2)10-18-22-23-19(25-18)26-11-17(24)21-16-7-5-15(20)6-8-16/h3-9H,10-11H2,1-2H3,(H,21,24). The van der Waals surface area contributed by atoms with E-state index in [0.29, 0.717) is 17.5 Å². The minimum atomic E-state index is -0.106. The second-order valence-corrected chi connectivity index (χ2v) is 8.07. The Morgan fingerprint density at radius 2 is 1.88 bits per heavy atom. The van der Waals surface area contributed by atoms with Crippen LogP contribution in [0.15, 0.2) is 52.1 Å². The van der Waals surface area contributed by atoms with Gasteiger partial charge in [-0.2, -0.15) is 0 Å². The molecule has 0 bridgehead atoms. The summed E-state index contributed by atoms with van der Waals surface area (Å²) in [6.07, 6.45) is 0.587. The second kappa shape index (κ2) is 8.68. The topological polar surface area (TPSA) is 68.0 Å². The van der Waals surface area contributed by atoms with Crippen LogP contribution in [0.4, 0.5) is 5.69 Å². The summed E-state index contributed by atoms with van der Waals surface area (Å²) in [6, 6.07) is 13.9. The highest BCUT2D eigenvalue weighted by Gasteiger charge is 2.11. The smallest absolute Gasteiger partial charge is 0.277 e. The van der Waals surface area contributed by atoms with Gasteiger partial charge in [0, 0.05) is 9.26 Å². The molecule has 134 valence electrons. The van der Waals surface area contributed by atoms with Gasteiger partial charge >= 0.3 is 0 Å². The number of carbonyl (C=O) groups is 1. The van der Waals surface area contributed by atoms with Crippen LogP contribution in [0.2, 0.25) is 0 Å². The number of carbonyl (C=O) groups excluding carboxylic acids is 1. The van der Waals surface area contributed by atoms with Crippen LogP contribution < -0.4 is 5.32 Å². The summed E-state index contributed by atoms with van der Waals surface area (Å²) in [6.45, 7) is 4.17. The minimum absolute atomic E-state index is 0.106. The van der Waals surface area contributed by atoms with Gasteiger partial charge in [0.2, 0.25) is 11.8 Å². The third-order valence-electron chi connectivity index (χ3n) is 3.83.